The molecule has 2 aromatic carbocycles. The molecule has 1 aliphatic rings. The minimum absolute atomic E-state index is 0.293. The van der Waals surface area contributed by atoms with Crippen LogP contribution in [0.25, 0.3) is 11.1 Å². The van der Waals surface area contributed by atoms with Crippen molar-refractivity contribution in [3.63, 3.8) is 0 Å². The average Bonchev–Trinajstić information content (AvgIpc) is 2.82. The van der Waals surface area contributed by atoms with Crippen molar-refractivity contribution in [2.24, 2.45) is 0 Å². The summed E-state index contributed by atoms with van der Waals surface area (Å²) in [6.07, 6.45) is 3.25. The number of nitrogens with zero attached hydrogens (tertiary/aromatic N) is 2. The first kappa shape index (κ1) is 21.5. The maximum atomic E-state index is 13.5. The number of pyridine rings is 1. The summed E-state index contributed by atoms with van der Waals surface area (Å²) in [5, 5.41) is 0. The standard InChI is InChI=1S/C23H21F3N2O2S/c1-30-22-7-6-19(14-27-22)31(29)28-10-8-17(9-11-28)15-2-4-16(5-3-15)18-12-20(24)23(26)21(25)13-18/h2-7,12-14,17H,8-11H2,1H3. The number of aromatic nitrogens is 1. The van der Waals surface area contributed by atoms with Gasteiger partial charge in [-0.25, -0.2) is 26.7 Å². The quantitative estimate of drug-likeness (QED) is 0.514. The van der Waals surface area contributed by atoms with Crippen molar-refractivity contribution < 1.29 is 22.1 Å². The molecule has 0 amide bonds. The van der Waals surface area contributed by atoms with E-state index in [0.29, 0.717) is 40.9 Å². The van der Waals surface area contributed by atoms with Crippen LogP contribution in [0.15, 0.2) is 59.6 Å². The predicted molar refractivity (Wildman–Crippen MR) is 112 cm³/mol. The highest BCUT2D eigenvalue weighted by molar-refractivity contribution is 7.82. The van der Waals surface area contributed by atoms with Crippen LogP contribution >= 0.6 is 0 Å². The lowest BCUT2D eigenvalue weighted by Gasteiger charge is -2.31. The van der Waals surface area contributed by atoms with Crippen molar-refractivity contribution in [3.05, 3.63) is 77.7 Å². The van der Waals surface area contributed by atoms with Gasteiger partial charge in [0.25, 0.3) is 0 Å². The normalized spacial score (nSPS) is 16.3. The van der Waals surface area contributed by atoms with Crippen molar-refractivity contribution in [1.29, 1.82) is 0 Å². The molecule has 0 N–H and O–H groups in total. The van der Waals surface area contributed by atoms with Crippen molar-refractivity contribution in [2.75, 3.05) is 20.2 Å². The van der Waals surface area contributed by atoms with Gasteiger partial charge < -0.3 is 4.74 Å². The van der Waals surface area contributed by atoms with E-state index >= 15 is 0 Å². The monoisotopic (exact) mass is 446 g/mol. The SMILES string of the molecule is COc1ccc(S(=O)N2CCC(c3ccc(-c4cc(F)c(F)c(F)c4)cc3)CC2)cn1. The summed E-state index contributed by atoms with van der Waals surface area (Å²) in [5.74, 6) is -3.08. The van der Waals surface area contributed by atoms with Crippen molar-refractivity contribution in [1.82, 2.24) is 9.29 Å². The average molecular weight is 446 g/mol. The maximum absolute atomic E-state index is 13.5. The summed E-state index contributed by atoms with van der Waals surface area (Å²) in [5.41, 5.74) is 2.02. The number of methoxy groups -OCH3 is 1. The molecule has 0 aliphatic carbocycles. The van der Waals surface area contributed by atoms with Crippen molar-refractivity contribution in [3.8, 4) is 17.0 Å². The molecule has 0 spiro atoms. The first-order chi connectivity index (χ1) is 15.0. The molecular weight excluding hydrogens is 425 g/mol. The number of benzene rings is 2. The van der Waals surface area contributed by atoms with Gasteiger partial charge in [-0.1, -0.05) is 24.3 Å². The van der Waals surface area contributed by atoms with Crippen LogP contribution < -0.4 is 4.74 Å². The molecule has 4 nitrogen and oxygen atoms in total. The molecule has 1 atom stereocenters. The Morgan fingerprint density at radius 1 is 0.968 bits per heavy atom. The lowest BCUT2D eigenvalue weighted by molar-refractivity contribution is 0.334. The summed E-state index contributed by atoms with van der Waals surface area (Å²) in [6, 6.07) is 12.9. The number of rotatable bonds is 5. The topological polar surface area (TPSA) is 42.4 Å². The van der Waals surface area contributed by atoms with E-state index in [1.165, 1.54) is 7.11 Å². The molecule has 0 radical (unpaired) electrons. The molecule has 1 saturated heterocycles. The van der Waals surface area contributed by atoms with Gasteiger partial charge in [0.1, 0.15) is 11.0 Å². The van der Waals surface area contributed by atoms with E-state index in [-0.39, 0.29) is 0 Å². The van der Waals surface area contributed by atoms with Crippen LogP contribution in [-0.4, -0.2) is 33.7 Å². The number of piperidine rings is 1. The van der Waals surface area contributed by atoms with E-state index in [4.69, 9.17) is 4.74 Å². The van der Waals surface area contributed by atoms with E-state index in [9.17, 15) is 17.4 Å². The van der Waals surface area contributed by atoms with Gasteiger partial charge in [0.05, 0.1) is 12.0 Å². The van der Waals surface area contributed by atoms with Gasteiger partial charge in [0.15, 0.2) is 17.5 Å². The van der Waals surface area contributed by atoms with Crippen LogP contribution in [0.3, 0.4) is 0 Å². The third-order valence-electron chi connectivity index (χ3n) is 5.51. The van der Waals surface area contributed by atoms with Crippen LogP contribution in [0, 0.1) is 17.5 Å². The van der Waals surface area contributed by atoms with E-state index in [2.05, 4.69) is 4.98 Å². The van der Waals surface area contributed by atoms with Gasteiger partial charge in [-0.05, 0) is 53.6 Å². The Hall–Kier alpha value is -2.71. The fraction of sp³-hybridized carbons (Fsp3) is 0.261. The molecule has 4 rings (SSSR count). The van der Waals surface area contributed by atoms with Crippen molar-refractivity contribution >= 4 is 11.0 Å². The lowest BCUT2D eigenvalue weighted by atomic mass is 9.89. The molecule has 1 aliphatic heterocycles. The third-order valence-corrected chi connectivity index (χ3v) is 6.99. The molecule has 0 bridgehead atoms. The molecule has 0 saturated carbocycles. The highest BCUT2D eigenvalue weighted by Crippen LogP contribution is 2.32. The highest BCUT2D eigenvalue weighted by atomic mass is 32.2. The first-order valence-electron chi connectivity index (χ1n) is 9.88. The molecule has 8 heteroatoms. The maximum Gasteiger partial charge on any atom is 0.212 e. The minimum Gasteiger partial charge on any atom is -0.481 e. The van der Waals surface area contributed by atoms with Gasteiger partial charge in [-0.15, -0.1) is 0 Å². The number of ether oxygens (including phenoxy) is 1. The molecule has 1 unspecified atom stereocenters. The molecule has 3 aromatic rings. The Morgan fingerprint density at radius 3 is 2.16 bits per heavy atom. The Kier molecular flexibility index (Phi) is 6.38. The third kappa shape index (κ3) is 4.65. The van der Waals surface area contributed by atoms with E-state index in [1.54, 1.807) is 30.5 Å². The van der Waals surface area contributed by atoms with Crippen LogP contribution in [0.1, 0.15) is 24.3 Å². The first-order valence-corrected chi connectivity index (χ1v) is 11.0. The second kappa shape index (κ2) is 9.20. The summed E-state index contributed by atoms with van der Waals surface area (Å²) in [4.78, 5) is 4.76. The highest BCUT2D eigenvalue weighted by Gasteiger charge is 2.25. The molecule has 162 valence electrons. The smallest absolute Gasteiger partial charge is 0.212 e. The van der Waals surface area contributed by atoms with Crippen LogP contribution in [0.2, 0.25) is 0 Å². The molecule has 1 aromatic heterocycles. The van der Waals surface area contributed by atoms with Gasteiger partial charge in [-0.2, -0.15) is 0 Å². The van der Waals surface area contributed by atoms with E-state index < -0.39 is 28.4 Å². The summed E-state index contributed by atoms with van der Waals surface area (Å²) in [6.45, 7) is 1.36. The molecular formula is C23H21F3N2O2S. The summed E-state index contributed by atoms with van der Waals surface area (Å²) < 4.78 is 59.9. The zero-order chi connectivity index (χ0) is 22.0. The Morgan fingerprint density at radius 2 is 1.61 bits per heavy atom. The molecule has 1 fully saturated rings. The van der Waals surface area contributed by atoms with E-state index in [0.717, 1.165) is 30.5 Å². The summed E-state index contributed by atoms with van der Waals surface area (Å²) in [7, 11) is 0.261. The zero-order valence-electron chi connectivity index (χ0n) is 16.9. The molecule has 2 heterocycles. The Bertz CT molecular complexity index is 1060. The molecule has 31 heavy (non-hydrogen) atoms. The minimum atomic E-state index is -1.46. The number of hydrogen-bond donors (Lipinski definition) is 0. The number of hydrogen-bond acceptors (Lipinski definition) is 3. The number of halogens is 3. The van der Waals surface area contributed by atoms with Gasteiger partial charge in [0, 0.05) is 25.4 Å². The van der Waals surface area contributed by atoms with Gasteiger partial charge in [0.2, 0.25) is 5.88 Å². The zero-order valence-corrected chi connectivity index (χ0v) is 17.7. The lowest BCUT2D eigenvalue weighted by Crippen LogP contribution is -2.34. The van der Waals surface area contributed by atoms with Crippen LogP contribution in [0.4, 0.5) is 13.2 Å². The van der Waals surface area contributed by atoms with E-state index in [1.807, 2.05) is 16.4 Å². The van der Waals surface area contributed by atoms with Gasteiger partial charge >= 0.3 is 0 Å². The largest absolute Gasteiger partial charge is 0.481 e. The van der Waals surface area contributed by atoms with Crippen LogP contribution in [0.5, 0.6) is 5.88 Å². The second-order valence-electron chi connectivity index (χ2n) is 7.36. The fourth-order valence-corrected chi connectivity index (χ4v) is 4.93. The Labute approximate surface area is 181 Å². The Balaban J connectivity index is 1.40. The second-order valence-corrected chi connectivity index (χ2v) is 8.85. The predicted octanol–water partition coefficient (Wildman–Crippen LogP) is 5.08. The fourth-order valence-electron chi connectivity index (χ4n) is 3.76. The van der Waals surface area contributed by atoms with Crippen LogP contribution in [-0.2, 0) is 11.0 Å². The van der Waals surface area contributed by atoms with Gasteiger partial charge in [-0.3, -0.25) is 0 Å². The van der Waals surface area contributed by atoms with Crippen molar-refractivity contribution in [2.45, 2.75) is 23.7 Å². The summed E-state index contributed by atoms with van der Waals surface area (Å²) >= 11 is 0.